The zero-order chi connectivity index (χ0) is 14.5. The molecule has 2 atom stereocenters. The Hall–Kier alpha value is -0.870. The molecule has 0 saturated heterocycles. The summed E-state index contributed by atoms with van der Waals surface area (Å²) in [7, 11) is 0. The van der Waals surface area contributed by atoms with Gasteiger partial charge in [0.2, 0.25) is 0 Å². The summed E-state index contributed by atoms with van der Waals surface area (Å²) >= 11 is 1.76. The Kier molecular flexibility index (Phi) is 5.61. The van der Waals surface area contributed by atoms with E-state index < -0.39 is 0 Å². The van der Waals surface area contributed by atoms with Crippen LogP contribution in [0.15, 0.2) is 17.0 Å². The van der Waals surface area contributed by atoms with Crippen LogP contribution in [0.3, 0.4) is 0 Å². The Bertz CT molecular complexity index is 450. The van der Waals surface area contributed by atoms with Gasteiger partial charge in [-0.25, -0.2) is 0 Å². The van der Waals surface area contributed by atoms with E-state index >= 15 is 0 Å². The molecule has 0 amide bonds. The van der Waals surface area contributed by atoms with Gasteiger partial charge in [0.1, 0.15) is 13.2 Å². The molecule has 1 N–H and O–H groups in total. The number of hydrogen-bond acceptors (Lipinski definition) is 4. The molecule has 2 rings (SSSR count). The van der Waals surface area contributed by atoms with E-state index in [1.165, 1.54) is 16.9 Å². The van der Waals surface area contributed by atoms with Gasteiger partial charge in [0, 0.05) is 17.5 Å². The van der Waals surface area contributed by atoms with Crippen molar-refractivity contribution in [3.63, 3.8) is 0 Å². The van der Waals surface area contributed by atoms with Gasteiger partial charge in [0.05, 0.1) is 0 Å². The third kappa shape index (κ3) is 3.61. The first-order valence-electron chi connectivity index (χ1n) is 7.35. The highest BCUT2D eigenvalue weighted by molar-refractivity contribution is 7.98. The predicted octanol–water partition coefficient (Wildman–Crippen LogP) is 3.70. The first-order chi connectivity index (χ1) is 9.65. The summed E-state index contributed by atoms with van der Waals surface area (Å²) in [6, 6.07) is 4.74. The molecule has 0 aromatic heterocycles. The molecule has 0 bridgehead atoms. The second-order valence-corrected chi connectivity index (χ2v) is 6.21. The summed E-state index contributed by atoms with van der Waals surface area (Å²) in [4.78, 5) is 1.26. The fraction of sp³-hybridized carbons (Fsp3) is 0.625. The molecule has 4 heteroatoms. The number of benzene rings is 1. The van der Waals surface area contributed by atoms with Crippen molar-refractivity contribution in [2.45, 2.75) is 44.7 Å². The van der Waals surface area contributed by atoms with Gasteiger partial charge in [0.25, 0.3) is 0 Å². The van der Waals surface area contributed by atoms with Gasteiger partial charge in [-0.05, 0) is 36.8 Å². The molecule has 1 aliphatic heterocycles. The average Bonchev–Trinajstić information content (AvgIpc) is 2.50. The van der Waals surface area contributed by atoms with Gasteiger partial charge in [-0.2, -0.15) is 0 Å². The van der Waals surface area contributed by atoms with E-state index in [-0.39, 0.29) is 0 Å². The van der Waals surface area contributed by atoms with Crippen molar-refractivity contribution < 1.29 is 9.47 Å². The first kappa shape index (κ1) is 15.5. The number of ether oxygens (including phenoxy) is 2. The minimum Gasteiger partial charge on any atom is -0.486 e. The number of fused-ring (bicyclic) bond motifs is 1. The van der Waals surface area contributed by atoms with Crippen LogP contribution in [0, 0.1) is 5.92 Å². The Morgan fingerprint density at radius 1 is 1.20 bits per heavy atom. The summed E-state index contributed by atoms with van der Waals surface area (Å²) in [5.41, 5.74) is 1.29. The van der Waals surface area contributed by atoms with E-state index in [2.05, 4.69) is 44.5 Å². The molecular weight excluding hydrogens is 270 g/mol. The Labute approximate surface area is 126 Å². The normalized spacial score (nSPS) is 16.8. The molecule has 0 saturated carbocycles. The van der Waals surface area contributed by atoms with Gasteiger partial charge in [-0.3, -0.25) is 0 Å². The van der Waals surface area contributed by atoms with E-state index in [1.807, 2.05) is 0 Å². The summed E-state index contributed by atoms with van der Waals surface area (Å²) in [5.74, 6) is 2.44. The lowest BCUT2D eigenvalue weighted by atomic mass is 10.0. The van der Waals surface area contributed by atoms with E-state index in [0.717, 1.165) is 18.0 Å². The molecule has 1 aromatic rings. The Morgan fingerprint density at radius 3 is 2.45 bits per heavy atom. The molecule has 0 spiro atoms. The molecule has 1 aromatic carbocycles. The van der Waals surface area contributed by atoms with E-state index in [0.29, 0.717) is 25.2 Å². The van der Waals surface area contributed by atoms with Crippen LogP contribution in [0.25, 0.3) is 0 Å². The van der Waals surface area contributed by atoms with Gasteiger partial charge < -0.3 is 14.8 Å². The van der Waals surface area contributed by atoms with Crippen LogP contribution < -0.4 is 14.8 Å². The molecule has 1 aliphatic rings. The maximum atomic E-state index is 5.68. The van der Waals surface area contributed by atoms with Crippen molar-refractivity contribution in [2.24, 2.45) is 5.92 Å². The molecule has 20 heavy (non-hydrogen) atoms. The zero-order valence-electron chi connectivity index (χ0n) is 12.9. The SMILES string of the molecule is CCC(C)C(C)NCc1cc2c(cc1SC)OCCO2. The van der Waals surface area contributed by atoms with Crippen molar-refractivity contribution in [1.82, 2.24) is 5.32 Å². The largest absolute Gasteiger partial charge is 0.486 e. The van der Waals surface area contributed by atoms with E-state index in [1.54, 1.807) is 11.8 Å². The number of nitrogens with one attached hydrogen (secondary N) is 1. The van der Waals surface area contributed by atoms with Gasteiger partial charge in [-0.1, -0.05) is 20.3 Å². The molecule has 0 radical (unpaired) electrons. The summed E-state index contributed by atoms with van der Waals surface area (Å²) in [6.45, 7) is 8.94. The van der Waals surface area contributed by atoms with Gasteiger partial charge >= 0.3 is 0 Å². The van der Waals surface area contributed by atoms with Crippen molar-refractivity contribution >= 4 is 11.8 Å². The lowest BCUT2D eigenvalue weighted by Gasteiger charge is -2.23. The molecule has 0 fully saturated rings. The predicted molar refractivity (Wildman–Crippen MR) is 85.0 cm³/mol. The number of thioether (sulfide) groups is 1. The average molecular weight is 295 g/mol. The summed E-state index contributed by atoms with van der Waals surface area (Å²) < 4.78 is 11.3. The lowest BCUT2D eigenvalue weighted by Crippen LogP contribution is -2.31. The first-order valence-corrected chi connectivity index (χ1v) is 8.58. The van der Waals surface area contributed by atoms with E-state index in [9.17, 15) is 0 Å². The fourth-order valence-electron chi connectivity index (χ4n) is 2.27. The van der Waals surface area contributed by atoms with Crippen LogP contribution in [0.4, 0.5) is 0 Å². The minimum atomic E-state index is 0.517. The second-order valence-electron chi connectivity index (χ2n) is 5.36. The topological polar surface area (TPSA) is 30.5 Å². The van der Waals surface area contributed by atoms with Gasteiger partial charge in [-0.15, -0.1) is 11.8 Å². The third-order valence-corrected chi connectivity index (χ3v) is 4.88. The standard InChI is InChI=1S/C16H25NO2S/c1-5-11(2)12(3)17-10-13-8-14-15(9-16(13)20-4)19-7-6-18-14/h8-9,11-12,17H,5-7,10H2,1-4H3. The maximum absolute atomic E-state index is 5.68. The lowest BCUT2D eigenvalue weighted by molar-refractivity contribution is 0.171. The fourth-order valence-corrected chi connectivity index (χ4v) is 2.88. The zero-order valence-corrected chi connectivity index (χ0v) is 13.7. The number of hydrogen-bond donors (Lipinski definition) is 1. The molecule has 0 aliphatic carbocycles. The van der Waals surface area contributed by atoms with E-state index in [4.69, 9.17) is 9.47 Å². The van der Waals surface area contributed by atoms with Crippen LogP contribution in [-0.4, -0.2) is 25.5 Å². The molecule has 3 nitrogen and oxygen atoms in total. The van der Waals surface area contributed by atoms with Crippen molar-refractivity contribution in [2.75, 3.05) is 19.5 Å². The molecule has 112 valence electrons. The Morgan fingerprint density at radius 2 is 1.85 bits per heavy atom. The van der Waals surface area contributed by atoms with Crippen LogP contribution in [0.5, 0.6) is 11.5 Å². The summed E-state index contributed by atoms with van der Waals surface area (Å²) in [5, 5.41) is 3.62. The molecular formula is C16H25NO2S. The highest BCUT2D eigenvalue weighted by Crippen LogP contribution is 2.36. The van der Waals surface area contributed by atoms with Crippen molar-refractivity contribution in [1.29, 1.82) is 0 Å². The third-order valence-electron chi connectivity index (χ3n) is 4.06. The Balaban J connectivity index is 2.10. The van der Waals surface area contributed by atoms with Crippen LogP contribution >= 0.6 is 11.8 Å². The van der Waals surface area contributed by atoms with Crippen molar-refractivity contribution in [3.8, 4) is 11.5 Å². The monoisotopic (exact) mass is 295 g/mol. The molecule has 2 unspecified atom stereocenters. The van der Waals surface area contributed by atoms with Crippen LogP contribution in [0.1, 0.15) is 32.8 Å². The highest BCUT2D eigenvalue weighted by Gasteiger charge is 2.16. The smallest absolute Gasteiger partial charge is 0.162 e. The van der Waals surface area contributed by atoms with Crippen LogP contribution in [-0.2, 0) is 6.54 Å². The summed E-state index contributed by atoms with van der Waals surface area (Å²) in [6.07, 6.45) is 3.30. The van der Waals surface area contributed by atoms with Crippen molar-refractivity contribution in [3.05, 3.63) is 17.7 Å². The second kappa shape index (κ2) is 7.23. The minimum absolute atomic E-state index is 0.517. The van der Waals surface area contributed by atoms with Crippen LogP contribution in [0.2, 0.25) is 0 Å². The van der Waals surface area contributed by atoms with Gasteiger partial charge in [0.15, 0.2) is 11.5 Å². The maximum Gasteiger partial charge on any atom is 0.162 e. The molecule has 1 heterocycles. The quantitative estimate of drug-likeness (QED) is 0.811. The highest BCUT2D eigenvalue weighted by atomic mass is 32.2. The number of rotatable bonds is 6.